The van der Waals surface area contributed by atoms with Gasteiger partial charge in [-0.2, -0.15) is 0 Å². The first kappa shape index (κ1) is 14.5. The molecule has 0 fully saturated rings. The van der Waals surface area contributed by atoms with Crippen LogP contribution in [0.5, 0.6) is 5.75 Å². The Labute approximate surface area is 107 Å². The molecule has 100 valence electrons. The van der Waals surface area contributed by atoms with E-state index in [-0.39, 0.29) is 17.7 Å². The molecule has 1 unspecified atom stereocenters. The number of rotatable bonds is 6. The highest BCUT2D eigenvalue weighted by Crippen LogP contribution is 2.10. The van der Waals surface area contributed by atoms with Crippen LogP contribution in [0.1, 0.15) is 12.5 Å². The lowest BCUT2D eigenvalue weighted by Crippen LogP contribution is -2.46. The van der Waals surface area contributed by atoms with Gasteiger partial charge in [-0.3, -0.25) is 4.79 Å². The lowest BCUT2D eigenvalue weighted by atomic mass is 10.1. The summed E-state index contributed by atoms with van der Waals surface area (Å²) in [5.74, 6) is -0.00175. The second-order valence-corrected chi connectivity index (χ2v) is 4.34. The molecule has 0 bridgehead atoms. The van der Waals surface area contributed by atoms with Crippen molar-refractivity contribution in [3.8, 4) is 5.75 Å². The summed E-state index contributed by atoms with van der Waals surface area (Å²) in [4.78, 5) is 11.8. The molecule has 1 aromatic rings. The highest BCUT2D eigenvalue weighted by atomic mass is 16.5. The Hall–Kier alpha value is -1.59. The van der Waals surface area contributed by atoms with Gasteiger partial charge in [0.1, 0.15) is 5.75 Å². The molecule has 2 atom stereocenters. The van der Waals surface area contributed by atoms with Gasteiger partial charge < -0.3 is 20.9 Å². The van der Waals surface area contributed by atoms with Gasteiger partial charge in [0.2, 0.25) is 5.91 Å². The monoisotopic (exact) mass is 252 g/mol. The number of nitrogens with one attached hydrogen (secondary N) is 1. The molecule has 0 radical (unpaired) electrons. The van der Waals surface area contributed by atoms with E-state index in [2.05, 4.69) is 5.32 Å². The van der Waals surface area contributed by atoms with Crippen LogP contribution in [0.15, 0.2) is 24.3 Å². The van der Waals surface area contributed by atoms with E-state index in [4.69, 9.17) is 15.6 Å². The van der Waals surface area contributed by atoms with Crippen molar-refractivity contribution in [3.63, 3.8) is 0 Å². The van der Waals surface area contributed by atoms with Crippen LogP contribution in [0.25, 0.3) is 0 Å². The first-order valence-corrected chi connectivity index (χ1v) is 5.85. The summed E-state index contributed by atoms with van der Waals surface area (Å²) < 4.78 is 4.93. The van der Waals surface area contributed by atoms with Crippen molar-refractivity contribution in [2.45, 2.75) is 25.4 Å². The van der Waals surface area contributed by atoms with Gasteiger partial charge in [-0.05, 0) is 31.0 Å². The third-order valence-electron chi connectivity index (χ3n) is 2.53. The molecule has 4 N–H and O–H groups in total. The van der Waals surface area contributed by atoms with Crippen molar-refractivity contribution in [2.75, 3.05) is 13.7 Å². The first-order chi connectivity index (χ1) is 8.52. The molecule has 5 nitrogen and oxygen atoms in total. The number of amides is 1. The van der Waals surface area contributed by atoms with Gasteiger partial charge in [0.15, 0.2) is 0 Å². The molecule has 0 aliphatic heterocycles. The van der Waals surface area contributed by atoms with Gasteiger partial charge in [0.25, 0.3) is 0 Å². The van der Waals surface area contributed by atoms with Gasteiger partial charge in [-0.15, -0.1) is 0 Å². The van der Waals surface area contributed by atoms with E-state index >= 15 is 0 Å². The molecule has 0 aliphatic rings. The molecule has 0 heterocycles. The summed E-state index contributed by atoms with van der Waals surface area (Å²) >= 11 is 0. The largest absolute Gasteiger partial charge is 0.508 e. The van der Waals surface area contributed by atoms with Gasteiger partial charge in [0, 0.05) is 13.2 Å². The molecule has 0 aliphatic carbocycles. The number of carbonyl (C=O) groups is 1. The maximum Gasteiger partial charge on any atom is 0.237 e. The van der Waals surface area contributed by atoms with E-state index in [1.165, 1.54) is 0 Å². The summed E-state index contributed by atoms with van der Waals surface area (Å²) in [6.07, 6.45) is 0.436. The van der Waals surface area contributed by atoms with Crippen molar-refractivity contribution in [1.82, 2.24) is 5.32 Å². The Morgan fingerprint density at radius 1 is 1.44 bits per heavy atom. The number of hydrogen-bond acceptors (Lipinski definition) is 4. The molecule has 0 aromatic heterocycles. The SMILES string of the molecule is COCC(C)NC(=O)[C@@H](N)Cc1ccc(O)cc1. The number of ether oxygens (including phenoxy) is 1. The van der Waals surface area contributed by atoms with E-state index in [0.29, 0.717) is 13.0 Å². The van der Waals surface area contributed by atoms with Crippen LogP contribution >= 0.6 is 0 Å². The standard InChI is InChI=1S/C13H20N2O3/c1-9(8-18-2)15-13(17)12(14)7-10-3-5-11(16)6-4-10/h3-6,9,12,16H,7-8,14H2,1-2H3,(H,15,17)/t9?,12-/m0/s1. The maximum absolute atomic E-state index is 11.8. The van der Waals surface area contributed by atoms with E-state index in [9.17, 15) is 4.79 Å². The average Bonchev–Trinajstić information content (AvgIpc) is 2.32. The zero-order valence-corrected chi connectivity index (χ0v) is 10.7. The van der Waals surface area contributed by atoms with Crippen LogP contribution in [-0.2, 0) is 16.0 Å². The zero-order valence-electron chi connectivity index (χ0n) is 10.7. The molecule has 18 heavy (non-hydrogen) atoms. The number of methoxy groups -OCH3 is 1. The molecule has 0 spiro atoms. The van der Waals surface area contributed by atoms with Crippen molar-refractivity contribution in [2.24, 2.45) is 5.73 Å². The number of hydrogen-bond donors (Lipinski definition) is 3. The maximum atomic E-state index is 11.8. The summed E-state index contributed by atoms with van der Waals surface area (Å²) in [6.45, 7) is 2.31. The quantitative estimate of drug-likeness (QED) is 0.684. The van der Waals surface area contributed by atoms with Crippen LogP contribution in [0.4, 0.5) is 0 Å². The fourth-order valence-electron chi connectivity index (χ4n) is 1.62. The van der Waals surface area contributed by atoms with E-state index in [0.717, 1.165) is 5.56 Å². The van der Waals surface area contributed by atoms with Gasteiger partial charge in [-0.1, -0.05) is 12.1 Å². The molecule has 0 saturated carbocycles. The van der Waals surface area contributed by atoms with Crippen LogP contribution in [0, 0.1) is 0 Å². The minimum absolute atomic E-state index is 0.0617. The summed E-state index contributed by atoms with van der Waals surface area (Å²) in [7, 11) is 1.58. The van der Waals surface area contributed by atoms with E-state index < -0.39 is 6.04 Å². The van der Waals surface area contributed by atoms with Crippen LogP contribution in [-0.4, -0.2) is 36.8 Å². The van der Waals surface area contributed by atoms with Gasteiger partial charge >= 0.3 is 0 Å². The second-order valence-electron chi connectivity index (χ2n) is 4.34. The highest BCUT2D eigenvalue weighted by molar-refractivity contribution is 5.82. The first-order valence-electron chi connectivity index (χ1n) is 5.85. The molecule has 1 amide bonds. The normalized spacial score (nSPS) is 13.9. The summed E-state index contributed by atoms with van der Waals surface area (Å²) in [5, 5.41) is 11.9. The summed E-state index contributed by atoms with van der Waals surface area (Å²) in [5.41, 5.74) is 6.73. The number of carbonyl (C=O) groups excluding carboxylic acids is 1. The Morgan fingerprint density at radius 3 is 2.61 bits per heavy atom. The molecule has 1 aromatic carbocycles. The topological polar surface area (TPSA) is 84.6 Å². The highest BCUT2D eigenvalue weighted by Gasteiger charge is 2.16. The average molecular weight is 252 g/mol. The van der Waals surface area contributed by atoms with Gasteiger partial charge in [0.05, 0.1) is 12.6 Å². The molecule has 1 rings (SSSR count). The minimum atomic E-state index is -0.603. The molecular weight excluding hydrogens is 232 g/mol. The number of aromatic hydroxyl groups is 1. The predicted molar refractivity (Wildman–Crippen MR) is 69.3 cm³/mol. The Balaban J connectivity index is 2.46. The number of benzene rings is 1. The van der Waals surface area contributed by atoms with Crippen molar-refractivity contribution in [3.05, 3.63) is 29.8 Å². The Bertz CT molecular complexity index is 378. The molecule has 0 saturated heterocycles. The predicted octanol–water partition coefficient (Wildman–Crippen LogP) is 0.413. The van der Waals surface area contributed by atoms with Crippen LogP contribution < -0.4 is 11.1 Å². The second kappa shape index (κ2) is 6.98. The Kier molecular flexibility index (Phi) is 5.61. The van der Waals surface area contributed by atoms with Gasteiger partial charge in [-0.25, -0.2) is 0 Å². The van der Waals surface area contributed by atoms with Crippen molar-refractivity contribution in [1.29, 1.82) is 0 Å². The fourth-order valence-corrected chi connectivity index (χ4v) is 1.62. The zero-order chi connectivity index (χ0) is 13.5. The fraction of sp³-hybridized carbons (Fsp3) is 0.462. The van der Waals surface area contributed by atoms with E-state index in [1.807, 2.05) is 6.92 Å². The number of phenolic OH excluding ortho intramolecular Hbond substituents is 1. The smallest absolute Gasteiger partial charge is 0.237 e. The number of nitrogens with two attached hydrogens (primary N) is 1. The van der Waals surface area contributed by atoms with Crippen LogP contribution in [0.3, 0.4) is 0 Å². The Morgan fingerprint density at radius 2 is 2.06 bits per heavy atom. The third kappa shape index (κ3) is 4.73. The van der Waals surface area contributed by atoms with Crippen LogP contribution in [0.2, 0.25) is 0 Å². The minimum Gasteiger partial charge on any atom is -0.508 e. The lowest BCUT2D eigenvalue weighted by molar-refractivity contribution is -0.123. The van der Waals surface area contributed by atoms with Crippen molar-refractivity contribution < 1.29 is 14.6 Å². The van der Waals surface area contributed by atoms with Crippen molar-refractivity contribution >= 4 is 5.91 Å². The lowest BCUT2D eigenvalue weighted by Gasteiger charge is -2.17. The molecular formula is C13H20N2O3. The third-order valence-corrected chi connectivity index (χ3v) is 2.53. The summed E-state index contributed by atoms with van der Waals surface area (Å²) in [6, 6.07) is 5.99. The molecule has 5 heteroatoms. The van der Waals surface area contributed by atoms with E-state index in [1.54, 1.807) is 31.4 Å². The number of phenols is 1.